The van der Waals surface area contributed by atoms with Crippen LogP contribution < -0.4 is 15.3 Å². The van der Waals surface area contributed by atoms with Gasteiger partial charge in [-0.25, -0.2) is 12.8 Å². The third-order valence-electron chi connectivity index (χ3n) is 4.07. The Morgan fingerprint density at radius 2 is 1.76 bits per heavy atom. The first-order valence-corrected chi connectivity index (χ1v) is 10.3. The van der Waals surface area contributed by atoms with Crippen molar-refractivity contribution in [3.05, 3.63) is 89.7 Å². The number of sulfonamides is 1. The molecule has 3 rings (SSSR count). The van der Waals surface area contributed by atoms with Gasteiger partial charge in [0.25, 0.3) is 10.0 Å². The minimum absolute atomic E-state index is 0.0200. The molecule has 0 bridgehead atoms. The van der Waals surface area contributed by atoms with Crippen LogP contribution in [0, 0.1) is 5.82 Å². The van der Waals surface area contributed by atoms with Gasteiger partial charge in [-0.15, -0.1) is 0 Å². The molecule has 0 saturated heterocycles. The van der Waals surface area contributed by atoms with Crippen molar-refractivity contribution < 1.29 is 17.5 Å². The van der Waals surface area contributed by atoms with Gasteiger partial charge in [0.05, 0.1) is 23.4 Å². The van der Waals surface area contributed by atoms with Gasteiger partial charge in [-0.2, -0.15) is 5.10 Å². The van der Waals surface area contributed by atoms with E-state index in [-0.39, 0.29) is 4.90 Å². The Kier molecular flexibility index (Phi) is 6.46. The van der Waals surface area contributed by atoms with Gasteiger partial charge in [0.1, 0.15) is 11.6 Å². The van der Waals surface area contributed by atoms with E-state index >= 15 is 0 Å². The van der Waals surface area contributed by atoms with Crippen LogP contribution in [0.15, 0.2) is 82.8 Å². The Hall–Kier alpha value is -3.39. The molecule has 3 N–H and O–H groups in total. The van der Waals surface area contributed by atoms with Crippen molar-refractivity contribution >= 4 is 21.9 Å². The number of nitrogens with one attached hydrogen (secondary N) is 1. The van der Waals surface area contributed by atoms with Gasteiger partial charge in [0.2, 0.25) is 0 Å². The van der Waals surface area contributed by atoms with E-state index in [1.165, 1.54) is 12.1 Å². The van der Waals surface area contributed by atoms with E-state index < -0.39 is 15.8 Å². The summed E-state index contributed by atoms with van der Waals surface area (Å²) in [6, 6.07) is 19.0. The molecule has 0 fully saturated rings. The van der Waals surface area contributed by atoms with Crippen LogP contribution >= 0.6 is 0 Å². The van der Waals surface area contributed by atoms with Crippen molar-refractivity contribution in [3.63, 3.8) is 0 Å². The predicted octanol–water partition coefficient (Wildman–Crippen LogP) is 3.54. The van der Waals surface area contributed by atoms with Crippen LogP contribution in [-0.2, 0) is 16.4 Å². The molecule has 0 amide bonds. The molecule has 0 radical (unpaired) electrons. The van der Waals surface area contributed by atoms with Gasteiger partial charge >= 0.3 is 0 Å². The summed E-state index contributed by atoms with van der Waals surface area (Å²) in [5.41, 5.74) is 2.36. The molecule has 0 aliphatic rings. The molecule has 150 valence electrons. The van der Waals surface area contributed by atoms with Gasteiger partial charge in [0.15, 0.2) is 0 Å². The fourth-order valence-corrected chi connectivity index (χ4v) is 3.67. The highest BCUT2D eigenvalue weighted by Gasteiger charge is 2.14. The molecule has 29 heavy (non-hydrogen) atoms. The Labute approximate surface area is 168 Å². The predicted molar refractivity (Wildman–Crippen MR) is 111 cm³/mol. The largest absolute Gasteiger partial charge is 0.493 e. The maximum Gasteiger partial charge on any atom is 0.261 e. The molecule has 0 heterocycles. The molecule has 0 aromatic heterocycles. The van der Waals surface area contributed by atoms with Crippen molar-refractivity contribution in [1.82, 2.24) is 0 Å². The van der Waals surface area contributed by atoms with E-state index in [0.29, 0.717) is 24.5 Å². The number of hydrogen-bond donors (Lipinski definition) is 2. The van der Waals surface area contributed by atoms with Gasteiger partial charge < -0.3 is 10.6 Å². The van der Waals surface area contributed by atoms with Crippen LogP contribution in [0.1, 0.15) is 11.1 Å². The van der Waals surface area contributed by atoms with E-state index in [2.05, 4.69) is 9.82 Å². The number of nitrogens with two attached hydrogens (primary N) is 1. The molecule has 0 saturated carbocycles. The summed E-state index contributed by atoms with van der Waals surface area (Å²) in [6.07, 6.45) is 2.25. The number of nitrogens with zero attached hydrogens (tertiary/aromatic N) is 1. The highest BCUT2D eigenvalue weighted by atomic mass is 32.2. The van der Waals surface area contributed by atoms with Gasteiger partial charge in [-0.3, -0.25) is 4.72 Å². The molecule has 0 atom stereocenters. The SMILES string of the molecule is NN=Cc1ccc(CCOc2cccc(NS(=O)(=O)c3ccc(F)cc3)c2)cc1. The highest BCUT2D eigenvalue weighted by molar-refractivity contribution is 7.92. The minimum atomic E-state index is -3.81. The highest BCUT2D eigenvalue weighted by Crippen LogP contribution is 2.21. The lowest BCUT2D eigenvalue weighted by molar-refractivity contribution is 0.322. The second kappa shape index (κ2) is 9.20. The Morgan fingerprint density at radius 1 is 1.03 bits per heavy atom. The maximum absolute atomic E-state index is 13.0. The lowest BCUT2D eigenvalue weighted by atomic mass is 10.1. The van der Waals surface area contributed by atoms with E-state index in [1.54, 1.807) is 30.5 Å². The zero-order valence-corrected chi connectivity index (χ0v) is 16.3. The quantitative estimate of drug-likeness (QED) is 0.336. The summed E-state index contributed by atoms with van der Waals surface area (Å²) in [5.74, 6) is 5.16. The molecular formula is C21H20FN3O3S. The smallest absolute Gasteiger partial charge is 0.261 e. The van der Waals surface area contributed by atoms with Crippen molar-refractivity contribution in [3.8, 4) is 5.75 Å². The van der Waals surface area contributed by atoms with Gasteiger partial charge in [0, 0.05) is 12.5 Å². The Bertz CT molecular complexity index is 1080. The van der Waals surface area contributed by atoms with Gasteiger partial charge in [-0.05, 0) is 47.5 Å². The van der Waals surface area contributed by atoms with Crippen LogP contribution in [0.3, 0.4) is 0 Å². The average molecular weight is 413 g/mol. The number of halogens is 1. The average Bonchev–Trinajstić information content (AvgIpc) is 2.70. The zero-order chi connectivity index (χ0) is 20.7. The summed E-state index contributed by atoms with van der Waals surface area (Å²) in [7, 11) is -3.81. The van der Waals surface area contributed by atoms with E-state index in [0.717, 1.165) is 23.3 Å². The van der Waals surface area contributed by atoms with Crippen molar-refractivity contribution in [2.75, 3.05) is 11.3 Å². The third-order valence-corrected chi connectivity index (χ3v) is 5.47. The molecule has 0 unspecified atom stereocenters. The third kappa shape index (κ3) is 5.79. The van der Waals surface area contributed by atoms with Crippen LogP contribution in [0.25, 0.3) is 0 Å². The Morgan fingerprint density at radius 3 is 2.45 bits per heavy atom. The van der Waals surface area contributed by atoms with E-state index in [4.69, 9.17) is 10.6 Å². The van der Waals surface area contributed by atoms with Gasteiger partial charge in [-0.1, -0.05) is 30.3 Å². The number of anilines is 1. The first kappa shape index (κ1) is 20.3. The van der Waals surface area contributed by atoms with Crippen LogP contribution in [0.4, 0.5) is 10.1 Å². The monoisotopic (exact) mass is 413 g/mol. The first-order chi connectivity index (χ1) is 14.0. The summed E-state index contributed by atoms with van der Waals surface area (Å²) >= 11 is 0. The second-order valence-corrected chi connectivity index (χ2v) is 7.89. The molecule has 0 aliphatic carbocycles. The fraction of sp³-hybridized carbons (Fsp3) is 0.0952. The van der Waals surface area contributed by atoms with Crippen LogP contribution in [0.5, 0.6) is 5.75 Å². The number of hydrazone groups is 1. The molecule has 0 spiro atoms. The normalized spacial score (nSPS) is 11.5. The van der Waals surface area contributed by atoms with Crippen molar-refractivity contribution in [2.45, 2.75) is 11.3 Å². The summed E-state index contributed by atoms with van der Waals surface area (Å²) < 4.78 is 46.0. The summed E-state index contributed by atoms with van der Waals surface area (Å²) in [5, 5.41) is 3.48. The molecule has 6 nitrogen and oxygen atoms in total. The molecule has 3 aromatic carbocycles. The molecule has 8 heteroatoms. The lowest BCUT2D eigenvalue weighted by Crippen LogP contribution is -2.13. The number of rotatable bonds is 8. The number of benzene rings is 3. The standard InChI is InChI=1S/C21H20FN3O3S/c22-18-8-10-21(11-9-18)29(26,27)25-19-2-1-3-20(14-19)28-13-12-16-4-6-17(7-5-16)15-24-23/h1-11,14-15,25H,12-13,23H2. The topological polar surface area (TPSA) is 93.8 Å². The van der Waals surface area contributed by atoms with Crippen LogP contribution in [0.2, 0.25) is 0 Å². The summed E-state index contributed by atoms with van der Waals surface area (Å²) in [6.45, 7) is 0.429. The lowest BCUT2D eigenvalue weighted by Gasteiger charge is -2.11. The first-order valence-electron chi connectivity index (χ1n) is 8.80. The molecular weight excluding hydrogens is 393 g/mol. The van der Waals surface area contributed by atoms with E-state index in [1.807, 2.05) is 24.3 Å². The van der Waals surface area contributed by atoms with Crippen molar-refractivity contribution in [2.24, 2.45) is 10.9 Å². The minimum Gasteiger partial charge on any atom is -0.493 e. The van der Waals surface area contributed by atoms with Crippen LogP contribution in [-0.4, -0.2) is 21.2 Å². The van der Waals surface area contributed by atoms with Crippen molar-refractivity contribution in [1.29, 1.82) is 0 Å². The second-order valence-electron chi connectivity index (χ2n) is 6.21. The zero-order valence-electron chi connectivity index (χ0n) is 15.5. The summed E-state index contributed by atoms with van der Waals surface area (Å²) in [4.78, 5) is -0.0200. The fourth-order valence-electron chi connectivity index (χ4n) is 2.62. The molecule has 3 aromatic rings. The number of hydrogen-bond acceptors (Lipinski definition) is 5. The number of ether oxygens (including phenoxy) is 1. The Balaban J connectivity index is 1.60. The van der Waals surface area contributed by atoms with E-state index in [9.17, 15) is 12.8 Å². The maximum atomic E-state index is 13.0. The molecule has 0 aliphatic heterocycles.